The molecule has 2 aromatic heterocycles. The van der Waals surface area contributed by atoms with E-state index in [0.717, 1.165) is 5.52 Å². The van der Waals surface area contributed by atoms with Crippen molar-refractivity contribution in [2.45, 2.75) is 0 Å². The van der Waals surface area contributed by atoms with Crippen LogP contribution in [0.4, 0.5) is 0 Å². The quantitative estimate of drug-likeness (QED) is 0.579. The molecule has 0 aliphatic heterocycles. The smallest absolute Gasteiger partial charge is 0.0462 e. The summed E-state index contributed by atoms with van der Waals surface area (Å²) in [7, 11) is 0. The Labute approximate surface area is 71.4 Å². The first-order valence-corrected chi connectivity index (χ1v) is 2.50. The fraction of sp³-hybridized carbons (Fsp3) is 0. The monoisotopic (exact) mass is 217 g/mol. The molecule has 0 radical (unpaired) electrons. The maximum atomic E-state index is 3.88. The van der Waals surface area contributed by atoms with E-state index in [1.165, 1.54) is 12.7 Å². The van der Waals surface area contributed by atoms with Crippen LogP contribution in [0.3, 0.4) is 0 Å². The van der Waals surface area contributed by atoms with E-state index in [9.17, 15) is 0 Å². The van der Waals surface area contributed by atoms with Crippen LogP contribution in [0.5, 0.6) is 0 Å². The zero-order valence-electron chi connectivity index (χ0n) is 4.93. The zero-order valence-corrected chi connectivity index (χ0v) is 6.94. The Kier molecular flexibility index (Phi) is 2.12. The predicted octanol–water partition coefficient (Wildman–Crippen LogP) is -0.0205. The summed E-state index contributed by atoms with van der Waals surface area (Å²) in [5.74, 6) is 0. The van der Waals surface area contributed by atoms with Gasteiger partial charge in [0, 0.05) is 44.8 Å². The Morgan fingerprint density at radius 1 is 1.30 bits per heavy atom. The molecule has 0 aliphatic carbocycles. The summed E-state index contributed by atoms with van der Waals surface area (Å²) in [4.78, 5) is 15.4. The minimum Gasteiger partial charge on any atom is -0.367 e. The fourth-order valence-electron chi connectivity index (χ4n) is 0.652. The number of hydrogen-bond donors (Lipinski definition) is 0. The molecule has 0 saturated heterocycles. The first-order chi connectivity index (χ1) is 4.47. The van der Waals surface area contributed by atoms with Gasteiger partial charge in [0.1, 0.15) is 0 Å². The van der Waals surface area contributed by atoms with E-state index in [1.807, 2.05) is 0 Å². The Balaban J connectivity index is 0.000000500. The molecule has 0 aliphatic rings. The third-order valence-electron chi connectivity index (χ3n) is 1.05. The molecule has 50 valence electrons. The Bertz CT molecular complexity index is 288. The van der Waals surface area contributed by atoms with Crippen molar-refractivity contribution in [3.8, 4) is 0 Å². The van der Waals surface area contributed by atoms with Gasteiger partial charge < -0.3 is 15.0 Å². The van der Waals surface area contributed by atoms with Crippen LogP contribution < -0.4 is 4.98 Å². The molecule has 0 atom stereocenters. The van der Waals surface area contributed by atoms with Crippen LogP contribution in [0.1, 0.15) is 0 Å². The molecule has 0 aromatic carbocycles. The SMILES string of the molecule is [Mo].c1ncc2nc[n-]c2n1. The van der Waals surface area contributed by atoms with E-state index in [-0.39, 0.29) is 21.1 Å². The van der Waals surface area contributed by atoms with Gasteiger partial charge in [-0.15, -0.1) is 0 Å². The topological polar surface area (TPSA) is 52.8 Å². The summed E-state index contributed by atoms with van der Waals surface area (Å²) >= 11 is 0. The molecule has 0 saturated carbocycles. The van der Waals surface area contributed by atoms with E-state index >= 15 is 0 Å². The fourth-order valence-corrected chi connectivity index (χ4v) is 0.652. The average Bonchev–Trinajstić information content (AvgIpc) is 2.33. The van der Waals surface area contributed by atoms with Gasteiger partial charge in [0.05, 0.1) is 0 Å². The molecular formula is C5H3MoN4-. The van der Waals surface area contributed by atoms with Crippen molar-refractivity contribution in [2.75, 3.05) is 0 Å². The predicted molar refractivity (Wildman–Crippen MR) is 30.7 cm³/mol. The van der Waals surface area contributed by atoms with Gasteiger partial charge in [-0.3, -0.25) is 4.98 Å². The minimum absolute atomic E-state index is 0. The van der Waals surface area contributed by atoms with Crippen LogP contribution in [-0.4, -0.2) is 15.0 Å². The first-order valence-electron chi connectivity index (χ1n) is 2.50. The molecule has 2 rings (SSSR count). The second-order valence-corrected chi connectivity index (χ2v) is 1.61. The van der Waals surface area contributed by atoms with Gasteiger partial charge in [0.15, 0.2) is 0 Å². The zero-order chi connectivity index (χ0) is 6.10. The minimum atomic E-state index is 0. The summed E-state index contributed by atoms with van der Waals surface area (Å²) in [5.41, 5.74) is 1.41. The Morgan fingerprint density at radius 3 is 3.00 bits per heavy atom. The molecule has 0 spiro atoms. The molecule has 2 aromatic rings. The van der Waals surface area contributed by atoms with E-state index in [2.05, 4.69) is 19.9 Å². The molecule has 4 nitrogen and oxygen atoms in total. The Hall–Kier alpha value is -0.762. The summed E-state index contributed by atoms with van der Waals surface area (Å²) < 4.78 is 0. The van der Waals surface area contributed by atoms with Crippen LogP contribution >= 0.6 is 0 Å². The van der Waals surface area contributed by atoms with Gasteiger partial charge in [0.2, 0.25) is 0 Å². The molecule has 0 fully saturated rings. The van der Waals surface area contributed by atoms with E-state index < -0.39 is 0 Å². The Morgan fingerprint density at radius 2 is 2.20 bits per heavy atom. The van der Waals surface area contributed by atoms with Crippen molar-refractivity contribution >= 4 is 11.2 Å². The molecule has 2 heterocycles. The largest absolute Gasteiger partial charge is 0.367 e. The average molecular weight is 215 g/mol. The number of nitrogens with zero attached hydrogens (tertiary/aromatic N) is 4. The van der Waals surface area contributed by atoms with Crippen LogP contribution in [0.2, 0.25) is 0 Å². The number of aromatic nitrogens is 4. The maximum Gasteiger partial charge on any atom is 0.0462 e. The van der Waals surface area contributed by atoms with Crippen molar-refractivity contribution < 1.29 is 21.1 Å². The van der Waals surface area contributed by atoms with Crippen LogP contribution in [0, 0.1) is 0 Å². The summed E-state index contributed by atoms with van der Waals surface area (Å²) in [6, 6.07) is 0. The van der Waals surface area contributed by atoms with E-state index in [0.29, 0.717) is 5.65 Å². The molecule has 5 heteroatoms. The molecule has 0 unspecified atom stereocenters. The second kappa shape index (κ2) is 2.88. The molecule has 0 amide bonds. The molecular weight excluding hydrogens is 212 g/mol. The number of imidazole rings is 1. The van der Waals surface area contributed by atoms with Crippen molar-refractivity contribution in [1.82, 2.24) is 19.9 Å². The van der Waals surface area contributed by atoms with Gasteiger partial charge in [-0.1, -0.05) is 0 Å². The van der Waals surface area contributed by atoms with Crippen LogP contribution in [0.25, 0.3) is 11.2 Å². The first kappa shape index (κ1) is 7.35. The van der Waals surface area contributed by atoms with Gasteiger partial charge in [-0.25, -0.2) is 0 Å². The van der Waals surface area contributed by atoms with E-state index in [4.69, 9.17) is 0 Å². The van der Waals surface area contributed by atoms with E-state index in [1.54, 1.807) is 6.20 Å². The van der Waals surface area contributed by atoms with Crippen molar-refractivity contribution in [3.63, 3.8) is 0 Å². The third-order valence-corrected chi connectivity index (χ3v) is 1.05. The molecule has 0 bridgehead atoms. The van der Waals surface area contributed by atoms with Gasteiger partial charge in [-0.05, 0) is 6.33 Å². The molecule has 10 heavy (non-hydrogen) atoms. The van der Waals surface area contributed by atoms with Crippen LogP contribution in [0.15, 0.2) is 18.9 Å². The van der Waals surface area contributed by atoms with Crippen LogP contribution in [-0.2, 0) is 21.1 Å². The van der Waals surface area contributed by atoms with Gasteiger partial charge >= 0.3 is 0 Å². The summed E-state index contributed by atoms with van der Waals surface area (Å²) in [6.45, 7) is 0. The van der Waals surface area contributed by atoms with Crippen molar-refractivity contribution in [2.24, 2.45) is 0 Å². The number of hydrogen-bond acceptors (Lipinski definition) is 3. The maximum absolute atomic E-state index is 3.88. The second-order valence-electron chi connectivity index (χ2n) is 1.61. The summed E-state index contributed by atoms with van der Waals surface area (Å²) in [6.07, 6.45) is 4.56. The normalized spacial score (nSPS) is 9.20. The number of rotatable bonds is 0. The third kappa shape index (κ3) is 1.07. The van der Waals surface area contributed by atoms with Gasteiger partial charge in [0.25, 0.3) is 0 Å². The summed E-state index contributed by atoms with van der Waals surface area (Å²) in [5, 5.41) is 0. The van der Waals surface area contributed by atoms with Crippen molar-refractivity contribution in [3.05, 3.63) is 18.9 Å². The number of fused-ring (bicyclic) bond motifs is 1. The standard InChI is InChI=1S/C5H3N4.Mo/c1-4-5(8-2-6-1)9-3-7-4;/h1-3H;/q-1;. The van der Waals surface area contributed by atoms with Crippen molar-refractivity contribution in [1.29, 1.82) is 0 Å². The molecule has 0 N–H and O–H groups in total. The van der Waals surface area contributed by atoms with Gasteiger partial charge in [-0.2, -0.15) is 0 Å².